The van der Waals surface area contributed by atoms with E-state index in [1.807, 2.05) is 79.9 Å². The number of rotatable bonds is 9. The number of amides is 2. The molecule has 0 spiro atoms. The summed E-state index contributed by atoms with van der Waals surface area (Å²) in [6.45, 7) is 4.06. The highest BCUT2D eigenvalue weighted by molar-refractivity contribution is 7.10. The molecule has 0 bridgehead atoms. The summed E-state index contributed by atoms with van der Waals surface area (Å²) in [6, 6.07) is 21.5. The Morgan fingerprint density at radius 2 is 1.77 bits per heavy atom. The van der Waals surface area contributed by atoms with E-state index in [1.54, 1.807) is 24.1 Å². The lowest BCUT2D eigenvalue weighted by atomic mass is 10.1. The van der Waals surface area contributed by atoms with Crippen molar-refractivity contribution in [2.75, 3.05) is 12.0 Å². The summed E-state index contributed by atoms with van der Waals surface area (Å²) >= 11 is 1.52. The molecule has 1 N–H and O–H groups in total. The lowest BCUT2D eigenvalue weighted by molar-refractivity contribution is -0.127. The van der Waals surface area contributed by atoms with Gasteiger partial charge in [0.25, 0.3) is 5.91 Å². The van der Waals surface area contributed by atoms with Crippen molar-refractivity contribution < 1.29 is 18.7 Å². The Labute approximate surface area is 209 Å². The first-order valence-corrected chi connectivity index (χ1v) is 12.2. The number of carbonyl (C=O) groups is 2. The summed E-state index contributed by atoms with van der Waals surface area (Å²) in [5, 5.41) is 4.94. The highest BCUT2D eigenvalue weighted by atomic mass is 32.1. The van der Waals surface area contributed by atoms with Crippen LogP contribution in [0.5, 0.6) is 5.75 Å². The van der Waals surface area contributed by atoms with Crippen molar-refractivity contribution in [2.24, 2.45) is 0 Å². The quantitative estimate of drug-likeness (QED) is 0.333. The maximum atomic E-state index is 13.7. The highest BCUT2D eigenvalue weighted by Gasteiger charge is 2.35. The van der Waals surface area contributed by atoms with Gasteiger partial charge < -0.3 is 14.5 Å². The van der Waals surface area contributed by atoms with Crippen molar-refractivity contribution in [3.05, 3.63) is 106 Å². The van der Waals surface area contributed by atoms with Crippen LogP contribution < -0.4 is 15.0 Å². The van der Waals surface area contributed by atoms with Crippen LogP contribution in [0.3, 0.4) is 0 Å². The summed E-state index contributed by atoms with van der Waals surface area (Å²) < 4.78 is 11.1. The number of hydrogen-bond acceptors (Lipinski definition) is 5. The molecule has 6 nitrogen and oxygen atoms in total. The van der Waals surface area contributed by atoms with Crippen molar-refractivity contribution in [2.45, 2.75) is 32.9 Å². The van der Waals surface area contributed by atoms with E-state index in [-0.39, 0.29) is 18.2 Å². The van der Waals surface area contributed by atoms with Gasteiger partial charge in [-0.1, -0.05) is 36.4 Å². The van der Waals surface area contributed by atoms with Gasteiger partial charge >= 0.3 is 0 Å². The highest BCUT2D eigenvalue weighted by Crippen LogP contribution is 2.32. The van der Waals surface area contributed by atoms with E-state index >= 15 is 0 Å². The minimum absolute atomic E-state index is 0.180. The molecular weight excluding hydrogens is 460 g/mol. The minimum atomic E-state index is -0.962. The Hall–Kier alpha value is -3.84. The second-order valence-corrected chi connectivity index (χ2v) is 9.26. The molecule has 2 heterocycles. The second-order valence-electron chi connectivity index (χ2n) is 8.22. The number of aryl methyl sites for hydroxylation is 2. The molecule has 4 rings (SSSR count). The molecule has 2 amide bonds. The Balaban J connectivity index is 1.69. The minimum Gasteiger partial charge on any atom is -0.497 e. The van der Waals surface area contributed by atoms with E-state index in [0.29, 0.717) is 23.8 Å². The zero-order valence-electron chi connectivity index (χ0n) is 20.0. The molecule has 0 aliphatic carbocycles. The fourth-order valence-corrected chi connectivity index (χ4v) is 4.60. The molecule has 2 aromatic heterocycles. The van der Waals surface area contributed by atoms with Gasteiger partial charge in [0, 0.05) is 17.1 Å². The smallest absolute Gasteiger partial charge is 0.251 e. The molecule has 4 aromatic rings. The molecule has 1 atom stereocenters. The van der Waals surface area contributed by atoms with Crippen LogP contribution in [0.15, 0.2) is 82.6 Å². The summed E-state index contributed by atoms with van der Waals surface area (Å²) in [5.74, 6) is 1.33. The molecule has 1 unspecified atom stereocenters. The number of carbonyl (C=O) groups excluding carboxylic acids is 2. The van der Waals surface area contributed by atoms with Crippen LogP contribution in [-0.4, -0.2) is 18.9 Å². The number of nitrogens with one attached hydrogen (secondary N) is 1. The summed E-state index contributed by atoms with van der Waals surface area (Å²) in [6.07, 6.45) is 0.188. The van der Waals surface area contributed by atoms with Gasteiger partial charge in [0.15, 0.2) is 6.04 Å². The predicted octanol–water partition coefficient (Wildman–Crippen LogP) is 5.60. The molecule has 35 heavy (non-hydrogen) atoms. The zero-order valence-corrected chi connectivity index (χ0v) is 20.8. The number of methoxy groups -OCH3 is 1. The van der Waals surface area contributed by atoms with Gasteiger partial charge in [0.2, 0.25) is 5.91 Å². The van der Waals surface area contributed by atoms with Gasteiger partial charge in [-0.2, -0.15) is 0 Å². The third-order valence-electron chi connectivity index (χ3n) is 5.71. The van der Waals surface area contributed by atoms with Gasteiger partial charge in [-0.25, -0.2) is 0 Å². The first-order chi connectivity index (χ1) is 17.0. The monoisotopic (exact) mass is 488 g/mol. The molecule has 2 aromatic carbocycles. The standard InChI is InChI=1S/C28H28N2O4S/c1-19-7-4-5-9-24(19)30(26(31)17-23-8-6-16-35-23)27(25-15-10-20(2)34-25)28(32)29-18-21-11-13-22(33-3)14-12-21/h4-16,27H,17-18H2,1-3H3,(H,29,32). The normalized spacial score (nSPS) is 11.6. The number of anilines is 1. The second kappa shape index (κ2) is 11.1. The average molecular weight is 489 g/mol. The van der Waals surface area contributed by atoms with Gasteiger partial charge in [-0.15, -0.1) is 11.3 Å². The Bertz CT molecular complexity index is 1280. The van der Waals surface area contributed by atoms with Gasteiger partial charge in [0.05, 0.1) is 13.5 Å². The third kappa shape index (κ3) is 5.81. The zero-order chi connectivity index (χ0) is 24.8. The first-order valence-electron chi connectivity index (χ1n) is 11.3. The van der Waals surface area contributed by atoms with Crippen LogP contribution in [0.4, 0.5) is 5.69 Å². The number of furan rings is 1. The average Bonchev–Trinajstić information content (AvgIpc) is 3.53. The van der Waals surface area contributed by atoms with Crippen LogP contribution in [0.2, 0.25) is 0 Å². The van der Waals surface area contributed by atoms with E-state index in [9.17, 15) is 9.59 Å². The van der Waals surface area contributed by atoms with Crippen molar-refractivity contribution in [3.63, 3.8) is 0 Å². The molecule has 7 heteroatoms. The molecule has 0 fully saturated rings. The fourth-order valence-electron chi connectivity index (χ4n) is 3.90. The molecule has 0 saturated heterocycles. The van der Waals surface area contributed by atoms with E-state index < -0.39 is 6.04 Å². The number of para-hydroxylation sites is 1. The van der Waals surface area contributed by atoms with Crippen molar-refractivity contribution in [1.82, 2.24) is 5.32 Å². The summed E-state index contributed by atoms with van der Waals surface area (Å²) in [7, 11) is 1.61. The maximum Gasteiger partial charge on any atom is 0.251 e. The van der Waals surface area contributed by atoms with Crippen LogP contribution >= 0.6 is 11.3 Å². The lowest BCUT2D eigenvalue weighted by Crippen LogP contribution is -2.44. The molecule has 0 aliphatic rings. The van der Waals surface area contributed by atoms with Crippen molar-refractivity contribution >= 4 is 28.8 Å². The van der Waals surface area contributed by atoms with Crippen LogP contribution in [0.25, 0.3) is 0 Å². The van der Waals surface area contributed by atoms with Gasteiger partial charge in [-0.3, -0.25) is 14.5 Å². The largest absolute Gasteiger partial charge is 0.497 e. The van der Waals surface area contributed by atoms with Crippen LogP contribution in [-0.2, 0) is 22.6 Å². The molecule has 180 valence electrons. The number of thiophene rings is 1. The molecular formula is C28H28N2O4S. The Kier molecular flexibility index (Phi) is 7.67. The summed E-state index contributed by atoms with van der Waals surface area (Å²) in [4.78, 5) is 29.9. The Morgan fingerprint density at radius 3 is 2.40 bits per heavy atom. The first kappa shape index (κ1) is 24.3. The third-order valence-corrected chi connectivity index (χ3v) is 6.59. The van der Waals surface area contributed by atoms with E-state index in [4.69, 9.17) is 9.15 Å². The van der Waals surface area contributed by atoms with Crippen LogP contribution in [0, 0.1) is 13.8 Å². The number of hydrogen-bond donors (Lipinski definition) is 1. The molecule has 0 radical (unpaired) electrons. The number of benzene rings is 2. The van der Waals surface area contributed by atoms with E-state index in [0.717, 1.165) is 21.8 Å². The topological polar surface area (TPSA) is 71.8 Å². The van der Waals surface area contributed by atoms with Crippen LogP contribution in [0.1, 0.15) is 33.6 Å². The van der Waals surface area contributed by atoms with Gasteiger partial charge in [-0.05, 0) is 66.8 Å². The van der Waals surface area contributed by atoms with E-state index in [1.165, 1.54) is 11.3 Å². The number of nitrogens with zero attached hydrogens (tertiary/aromatic N) is 1. The fraction of sp³-hybridized carbons (Fsp3) is 0.214. The van der Waals surface area contributed by atoms with Gasteiger partial charge in [0.1, 0.15) is 17.3 Å². The lowest BCUT2D eigenvalue weighted by Gasteiger charge is -2.31. The number of ether oxygens (including phenoxy) is 1. The summed E-state index contributed by atoms with van der Waals surface area (Å²) in [5.41, 5.74) is 2.48. The molecule has 0 aliphatic heterocycles. The van der Waals surface area contributed by atoms with E-state index in [2.05, 4.69) is 5.32 Å². The van der Waals surface area contributed by atoms with Crippen molar-refractivity contribution in [3.8, 4) is 5.75 Å². The Morgan fingerprint density at radius 1 is 1.00 bits per heavy atom. The maximum absolute atomic E-state index is 13.7. The predicted molar refractivity (Wildman–Crippen MR) is 138 cm³/mol. The SMILES string of the molecule is COc1ccc(CNC(=O)C(c2ccc(C)o2)N(C(=O)Cc2cccs2)c2ccccc2C)cc1. The molecule has 0 saturated carbocycles. The van der Waals surface area contributed by atoms with Crippen molar-refractivity contribution in [1.29, 1.82) is 0 Å².